The van der Waals surface area contributed by atoms with Crippen LogP contribution in [0, 0.1) is 11.3 Å². The Hall–Kier alpha value is -2.41. The van der Waals surface area contributed by atoms with Crippen LogP contribution in [0.25, 0.3) is 10.9 Å². The number of aromatic nitrogens is 2. The van der Waals surface area contributed by atoms with Crippen LogP contribution in [0.2, 0.25) is 0 Å². The molecule has 0 atom stereocenters. The normalized spacial score (nSPS) is 20.7. The highest BCUT2D eigenvalue weighted by atomic mass is 16.2. The van der Waals surface area contributed by atoms with E-state index in [-0.39, 0.29) is 23.1 Å². The molecule has 0 radical (unpaired) electrons. The van der Waals surface area contributed by atoms with Gasteiger partial charge in [0, 0.05) is 43.3 Å². The standard InChI is InChI=1S/C22H31N5O2/c1-22(15-25-20(28)16-4-9-26(2)10-5-16)6-11-27(12-7-22)21(29)18-13-23-14-19-17(18)3-8-24-19/h3,8,13-14,16,24H,4-7,9-12,15H2,1-2H3,(H,25,28). The van der Waals surface area contributed by atoms with Gasteiger partial charge in [-0.05, 0) is 57.3 Å². The van der Waals surface area contributed by atoms with E-state index in [0.717, 1.165) is 49.7 Å². The molecule has 0 bridgehead atoms. The second kappa shape index (κ2) is 8.14. The lowest BCUT2D eigenvalue weighted by Crippen LogP contribution is -2.48. The fourth-order valence-corrected chi connectivity index (χ4v) is 4.46. The summed E-state index contributed by atoms with van der Waals surface area (Å²) in [5.74, 6) is 0.383. The third kappa shape index (κ3) is 4.29. The van der Waals surface area contributed by atoms with Gasteiger partial charge in [0.1, 0.15) is 0 Å². The predicted molar refractivity (Wildman–Crippen MR) is 113 cm³/mol. The van der Waals surface area contributed by atoms with Gasteiger partial charge in [0.2, 0.25) is 5.91 Å². The number of hydrogen-bond donors (Lipinski definition) is 2. The first-order valence-electron chi connectivity index (χ1n) is 10.6. The number of carbonyl (C=O) groups excluding carboxylic acids is 2. The molecule has 2 aromatic heterocycles. The van der Waals surface area contributed by atoms with Crippen molar-refractivity contribution in [1.29, 1.82) is 0 Å². The molecule has 4 rings (SSSR count). The molecule has 156 valence electrons. The molecule has 2 fully saturated rings. The molecule has 2 aliphatic heterocycles. The molecule has 0 saturated carbocycles. The lowest BCUT2D eigenvalue weighted by atomic mass is 9.80. The SMILES string of the molecule is CN1CCC(C(=O)NCC2(C)CCN(C(=O)c3cncc4[nH]ccc34)CC2)CC1. The van der Waals surface area contributed by atoms with Crippen molar-refractivity contribution in [3.63, 3.8) is 0 Å². The third-order valence-electron chi connectivity index (χ3n) is 6.74. The number of nitrogens with zero attached hydrogens (tertiary/aromatic N) is 3. The maximum atomic E-state index is 13.0. The lowest BCUT2D eigenvalue weighted by molar-refractivity contribution is -0.127. The minimum absolute atomic E-state index is 0.0379. The average molecular weight is 398 g/mol. The van der Waals surface area contributed by atoms with Gasteiger partial charge >= 0.3 is 0 Å². The van der Waals surface area contributed by atoms with Crippen LogP contribution in [0.4, 0.5) is 0 Å². The third-order valence-corrected chi connectivity index (χ3v) is 6.74. The molecule has 0 unspecified atom stereocenters. The molecule has 4 heterocycles. The van der Waals surface area contributed by atoms with E-state index in [4.69, 9.17) is 0 Å². The molecule has 7 nitrogen and oxygen atoms in total. The van der Waals surface area contributed by atoms with Gasteiger partial charge < -0.3 is 20.1 Å². The summed E-state index contributed by atoms with van der Waals surface area (Å²) in [6.07, 6.45) is 8.91. The first-order chi connectivity index (χ1) is 14.0. The van der Waals surface area contributed by atoms with Crippen molar-refractivity contribution in [2.75, 3.05) is 39.8 Å². The maximum absolute atomic E-state index is 13.0. The number of aromatic amines is 1. The van der Waals surface area contributed by atoms with E-state index in [1.807, 2.05) is 17.2 Å². The van der Waals surface area contributed by atoms with Gasteiger partial charge in [-0.3, -0.25) is 14.6 Å². The van der Waals surface area contributed by atoms with Gasteiger partial charge in [-0.15, -0.1) is 0 Å². The number of pyridine rings is 1. The summed E-state index contributed by atoms with van der Waals surface area (Å²) in [4.78, 5) is 37.1. The summed E-state index contributed by atoms with van der Waals surface area (Å²) in [7, 11) is 2.11. The van der Waals surface area contributed by atoms with Crippen LogP contribution in [0.5, 0.6) is 0 Å². The van der Waals surface area contributed by atoms with Crippen molar-refractivity contribution in [1.82, 2.24) is 25.1 Å². The van der Waals surface area contributed by atoms with Crippen molar-refractivity contribution in [3.8, 4) is 0 Å². The zero-order chi connectivity index (χ0) is 20.4. The number of H-pyrrole nitrogens is 1. The Labute approximate surface area is 171 Å². The number of carbonyl (C=O) groups is 2. The molecule has 0 aromatic carbocycles. The van der Waals surface area contributed by atoms with Crippen LogP contribution in [-0.2, 0) is 4.79 Å². The minimum Gasteiger partial charge on any atom is -0.360 e. The van der Waals surface area contributed by atoms with E-state index >= 15 is 0 Å². The Morgan fingerprint density at radius 1 is 1.21 bits per heavy atom. The van der Waals surface area contributed by atoms with Gasteiger partial charge in [-0.1, -0.05) is 6.92 Å². The number of fused-ring (bicyclic) bond motifs is 1. The minimum atomic E-state index is 0.0379. The molecule has 7 heteroatoms. The summed E-state index contributed by atoms with van der Waals surface area (Å²) in [6, 6.07) is 1.93. The fourth-order valence-electron chi connectivity index (χ4n) is 4.46. The molecule has 2 saturated heterocycles. The van der Waals surface area contributed by atoms with Gasteiger partial charge in [-0.2, -0.15) is 0 Å². The van der Waals surface area contributed by atoms with Crippen molar-refractivity contribution in [3.05, 3.63) is 30.2 Å². The summed E-state index contributed by atoms with van der Waals surface area (Å²) >= 11 is 0. The van der Waals surface area contributed by atoms with Crippen LogP contribution < -0.4 is 5.32 Å². The second-order valence-electron chi connectivity index (χ2n) is 9.02. The van der Waals surface area contributed by atoms with Crippen LogP contribution in [-0.4, -0.2) is 71.4 Å². The smallest absolute Gasteiger partial charge is 0.256 e. The van der Waals surface area contributed by atoms with Crippen LogP contribution in [0.3, 0.4) is 0 Å². The van der Waals surface area contributed by atoms with E-state index in [1.54, 1.807) is 12.4 Å². The van der Waals surface area contributed by atoms with Gasteiger partial charge in [-0.25, -0.2) is 0 Å². The summed E-state index contributed by atoms with van der Waals surface area (Å²) in [6.45, 7) is 6.32. The predicted octanol–water partition coefficient (Wildman–Crippen LogP) is 2.26. The average Bonchev–Trinajstić information content (AvgIpc) is 3.22. The first-order valence-corrected chi connectivity index (χ1v) is 10.6. The van der Waals surface area contributed by atoms with Crippen molar-refractivity contribution in [2.45, 2.75) is 32.6 Å². The Bertz CT molecular complexity index is 876. The number of piperidine rings is 2. The van der Waals surface area contributed by atoms with Crippen molar-refractivity contribution < 1.29 is 9.59 Å². The monoisotopic (exact) mass is 397 g/mol. The summed E-state index contributed by atoms with van der Waals surface area (Å²) in [5, 5.41) is 4.12. The zero-order valence-electron chi connectivity index (χ0n) is 17.4. The molecule has 0 spiro atoms. The van der Waals surface area contributed by atoms with Crippen molar-refractivity contribution in [2.24, 2.45) is 11.3 Å². The topological polar surface area (TPSA) is 81.3 Å². The van der Waals surface area contributed by atoms with E-state index in [2.05, 4.69) is 34.2 Å². The molecule has 0 aliphatic carbocycles. The number of hydrogen-bond acceptors (Lipinski definition) is 4. The van der Waals surface area contributed by atoms with E-state index in [1.165, 1.54) is 0 Å². The van der Waals surface area contributed by atoms with Gasteiger partial charge in [0.05, 0.1) is 17.3 Å². The highest BCUT2D eigenvalue weighted by Crippen LogP contribution is 2.31. The van der Waals surface area contributed by atoms with Gasteiger partial charge in [0.25, 0.3) is 5.91 Å². The Morgan fingerprint density at radius 2 is 1.93 bits per heavy atom. The number of nitrogens with one attached hydrogen (secondary N) is 2. The molecular formula is C22H31N5O2. The Balaban J connectivity index is 1.31. The fraction of sp³-hybridized carbons (Fsp3) is 0.591. The number of amides is 2. The highest BCUT2D eigenvalue weighted by Gasteiger charge is 2.34. The quantitative estimate of drug-likeness (QED) is 0.829. The zero-order valence-corrected chi connectivity index (χ0v) is 17.4. The highest BCUT2D eigenvalue weighted by molar-refractivity contribution is 6.05. The number of likely N-dealkylation sites (tertiary alicyclic amines) is 2. The maximum Gasteiger partial charge on any atom is 0.256 e. The summed E-state index contributed by atoms with van der Waals surface area (Å²) in [5.41, 5.74) is 1.58. The van der Waals surface area contributed by atoms with E-state index < -0.39 is 0 Å². The lowest BCUT2D eigenvalue weighted by Gasteiger charge is -2.40. The number of rotatable bonds is 4. The second-order valence-corrected chi connectivity index (χ2v) is 9.02. The molecule has 29 heavy (non-hydrogen) atoms. The first kappa shape index (κ1) is 19.9. The van der Waals surface area contributed by atoms with Crippen LogP contribution in [0.1, 0.15) is 43.0 Å². The van der Waals surface area contributed by atoms with E-state index in [0.29, 0.717) is 25.2 Å². The molecule has 2 aromatic rings. The molecular weight excluding hydrogens is 366 g/mol. The molecule has 2 aliphatic rings. The summed E-state index contributed by atoms with van der Waals surface area (Å²) < 4.78 is 0. The van der Waals surface area contributed by atoms with Gasteiger partial charge in [0.15, 0.2) is 0 Å². The Kier molecular flexibility index (Phi) is 5.58. The Morgan fingerprint density at radius 3 is 2.66 bits per heavy atom. The largest absolute Gasteiger partial charge is 0.360 e. The van der Waals surface area contributed by atoms with Crippen LogP contribution >= 0.6 is 0 Å². The molecule has 2 N–H and O–H groups in total. The van der Waals surface area contributed by atoms with E-state index in [9.17, 15) is 9.59 Å². The molecule has 2 amide bonds. The van der Waals surface area contributed by atoms with Crippen molar-refractivity contribution >= 4 is 22.7 Å². The van der Waals surface area contributed by atoms with Crippen LogP contribution in [0.15, 0.2) is 24.7 Å².